The van der Waals surface area contributed by atoms with Gasteiger partial charge in [0, 0.05) is 23.2 Å². The van der Waals surface area contributed by atoms with Gasteiger partial charge in [0.25, 0.3) is 0 Å². The van der Waals surface area contributed by atoms with Crippen LogP contribution in [0.5, 0.6) is 0 Å². The number of anilines is 1. The molecular weight excluding hydrogens is 200 g/mol. The minimum atomic E-state index is -0.284. The van der Waals surface area contributed by atoms with Crippen molar-refractivity contribution in [1.82, 2.24) is 0 Å². The number of amides is 1. The lowest BCUT2D eigenvalue weighted by Crippen LogP contribution is -2.30. The lowest BCUT2D eigenvalue weighted by Gasteiger charge is -2.25. The van der Waals surface area contributed by atoms with Gasteiger partial charge in [-0.25, -0.2) is 0 Å². The first-order valence-electron chi connectivity index (χ1n) is 5.62. The van der Waals surface area contributed by atoms with Crippen molar-refractivity contribution in [3.8, 4) is 0 Å². The van der Waals surface area contributed by atoms with Crippen LogP contribution in [0.4, 0.5) is 5.69 Å². The summed E-state index contributed by atoms with van der Waals surface area (Å²) >= 11 is 0. The summed E-state index contributed by atoms with van der Waals surface area (Å²) in [6, 6.07) is 8.50. The van der Waals surface area contributed by atoms with Crippen molar-refractivity contribution in [2.45, 2.75) is 24.8 Å². The zero-order valence-corrected chi connectivity index (χ0v) is 8.94. The molecule has 2 atom stereocenters. The van der Waals surface area contributed by atoms with Gasteiger partial charge in [-0.1, -0.05) is 24.3 Å². The summed E-state index contributed by atoms with van der Waals surface area (Å²) in [6.45, 7) is 0. The second-order valence-corrected chi connectivity index (χ2v) is 4.42. The Balaban J connectivity index is 2.09. The van der Waals surface area contributed by atoms with Crippen molar-refractivity contribution >= 4 is 11.6 Å². The Labute approximate surface area is 94.3 Å². The summed E-state index contributed by atoms with van der Waals surface area (Å²) in [5, 5.41) is 3.47. The fourth-order valence-corrected chi connectivity index (χ4v) is 2.82. The molecule has 2 unspecified atom stereocenters. The van der Waals surface area contributed by atoms with E-state index in [0.717, 1.165) is 24.1 Å². The normalized spacial score (nSPS) is 26.4. The van der Waals surface area contributed by atoms with Gasteiger partial charge in [-0.2, -0.15) is 0 Å². The molecule has 82 valence electrons. The van der Waals surface area contributed by atoms with E-state index in [-0.39, 0.29) is 11.8 Å². The van der Waals surface area contributed by atoms with Crippen LogP contribution < -0.4 is 11.1 Å². The fraction of sp³-hybridized carbons (Fsp3) is 0.308. The molecule has 3 heteroatoms. The van der Waals surface area contributed by atoms with Crippen LogP contribution in [0, 0.1) is 0 Å². The molecular formula is C13H14N2O. The van der Waals surface area contributed by atoms with Gasteiger partial charge in [0.05, 0.1) is 0 Å². The second kappa shape index (κ2) is 3.37. The van der Waals surface area contributed by atoms with Crippen LogP contribution in [-0.2, 0) is 4.79 Å². The predicted octanol–water partition coefficient (Wildman–Crippen LogP) is 1.77. The quantitative estimate of drug-likeness (QED) is 0.748. The highest BCUT2D eigenvalue weighted by Gasteiger charge is 2.37. The Hall–Kier alpha value is -1.77. The number of rotatable bonds is 1. The molecule has 0 spiro atoms. The van der Waals surface area contributed by atoms with E-state index in [1.54, 1.807) is 0 Å². The van der Waals surface area contributed by atoms with Gasteiger partial charge in [-0.05, 0) is 24.5 Å². The van der Waals surface area contributed by atoms with Crippen molar-refractivity contribution < 1.29 is 4.79 Å². The molecule has 3 N–H and O–H groups in total. The van der Waals surface area contributed by atoms with Crippen LogP contribution in [0.3, 0.4) is 0 Å². The largest absolute Gasteiger partial charge is 0.381 e. The Morgan fingerprint density at radius 3 is 3.00 bits per heavy atom. The molecule has 3 rings (SSSR count). The van der Waals surface area contributed by atoms with Gasteiger partial charge in [-0.15, -0.1) is 0 Å². The summed E-state index contributed by atoms with van der Waals surface area (Å²) in [5.74, 6) is -0.129. The van der Waals surface area contributed by atoms with E-state index in [0.29, 0.717) is 6.04 Å². The molecule has 0 fully saturated rings. The van der Waals surface area contributed by atoms with Crippen molar-refractivity contribution in [3.63, 3.8) is 0 Å². The Bertz CT molecular complexity index is 479. The third-order valence-electron chi connectivity index (χ3n) is 3.50. The zero-order chi connectivity index (χ0) is 11.1. The number of allylic oxidation sites excluding steroid dienone is 1. The summed E-state index contributed by atoms with van der Waals surface area (Å²) in [7, 11) is 0. The van der Waals surface area contributed by atoms with Crippen molar-refractivity contribution in [2.24, 2.45) is 5.73 Å². The number of fused-ring (bicyclic) bond motifs is 3. The van der Waals surface area contributed by atoms with Crippen LogP contribution in [-0.4, -0.2) is 11.9 Å². The molecule has 0 radical (unpaired) electrons. The Morgan fingerprint density at radius 1 is 1.38 bits per heavy atom. The number of hydrogen-bond acceptors (Lipinski definition) is 2. The minimum Gasteiger partial charge on any atom is -0.381 e. The molecule has 1 aliphatic carbocycles. The summed E-state index contributed by atoms with van der Waals surface area (Å²) in [4.78, 5) is 11.4. The van der Waals surface area contributed by atoms with Gasteiger partial charge in [0.15, 0.2) is 0 Å². The molecule has 0 bridgehead atoms. The number of benzene rings is 1. The second-order valence-electron chi connectivity index (χ2n) is 4.42. The van der Waals surface area contributed by atoms with Gasteiger partial charge >= 0.3 is 0 Å². The molecule has 16 heavy (non-hydrogen) atoms. The van der Waals surface area contributed by atoms with E-state index in [1.807, 2.05) is 18.2 Å². The first-order chi connectivity index (χ1) is 7.77. The molecule has 0 saturated heterocycles. The average molecular weight is 214 g/mol. The minimum absolute atomic E-state index is 0.155. The van der Waals surface area contributed by atoms with Gasteiger partial charge in [0.2, 0.25) is 5.91 Å². The van der Waals surface area contributed by atoms with Crippen molar-refractivity contribution in [1.29, 1.82) is 0 Å². The van der Waals surface area contributed by atoms with Gasteiger partial charge in [0.1, 0.15) is 0 Å². The highest BCUT2D eigenvalue weighted by Crippen LogP contribution is 2.44. The lowest BCUT2D eigenvalue weighted by molar-refractivity contribution is -0.114. The molecule has 1 aromatic rings. The van der Waals surface area contributed by atoms with Crippen LogP contribution >= 0.6 is 0 Å². The Morgan fingerprint density at radius 2 is 2.19 bits per heavy atom. The number of nitrogens with two attached hydrogens (primary N) is 1. The highest BCUT2D eigenvalue weighted by molar-refractivity contribution is 5.95. The molecule has 3 nitrogen and oxygen atoms in total. The molecule has 1 amide bonds. The molecule has 1 aliphatic heterocycles. The predicted molar refractivity (Wildman–Crippen MR) is 63.1 cm³/mol. The molecule has 0 aromatic heterocycles. The molecule has 1 aromatic carbocycles. The number of para-hydroxylation sites is 1. The van der Waals surface area contributed by atoms with Crippen LogP contribution in [0.15, 0.2) is 35.9 Å². The third-order valence-corrected chi connectivity index (χ3v) is 3.50. The highest BCUT2D eigenvalue weighted by atomic mass is 16.1. The SMILES string of the molecule is NC(=O)C1=CCCC2Nc3ccccc3C12. The van der Waals surface area contributed by atoms with E-state index in [4.69, 9.17) is 5.73 Å². The summed E-state index contributed by atoms with van der Waals surface area (Å²) < 4.78 is 0. The van der Waals surface area contributed by atoms with Crippen molar-refractivity contribution in [3.05, 3.63) is 41.5 Å². The van der Waals surface area contributed by atoms with E-state index in [1.165, 1.54) is 5.56 Å². The fourth-order valence-electron chi connectivity index (χ4n) is 2.82. The number of hydrogen-bond donors (Lipinski definition) is 2. The average Bonchev–Trinajstić information content (AvgIpc) is 2.66. The maximum absolute atomic E-state index is 11.4. The summed E-state index contributed by atoms with van der Waals surface area (Å²) in [6.07, 6.45) is 3.99. The maximum Gasteiger partial charge on any atom is 0.245 e. The summed E-state index contributed by atoms with van der Waals surface area (Å²) in [5.41, 5.74) is 8.57. The number of carbonyl (C=O) groups is 1. The lowest BCUT2D eigenvalue weighted by atomic mass is 9.81. The first-order valence-corrected chi connectivity index (χ1v) is 5.62. The van der Waals surface area contributed by atoms with Crippen LogP contribution in [0.2, 0.25) is 0 Å². The first kappa shape index (κ1) is 9.46. The molecule has 1 heterocycles. The maximum atomic E-state index is 11.4. The van der Waals surface area contributed by atoms with Gasteiger partial charge < -0.3 is 11.1 Å². The monoisotopic (exact) mass is 214 g/mol. The van der Waals surface area contributed by atoms with E-state index in [2.05, 4.69) is 17.4 Å². The smallest absolute Gasteiger partial charge is 0.245 e. The standard InChI is InChI=1S/C13H14N2O/c14-13(16)9-5-3-7-11-12(9)8-4-1-2-6-10(8)15-11/h1-2,4-6,11-12,15H,3,7H2,(H2,14,16). The topological polar surface area (TPSA) is 55.1 Å². The van der Waals surface area contributed by atoms with E-state index < -0.39 is 0 Å². The van der Waals surface area contributed by atoms with Crippen LogP contribution in [0.25, 0.3) is 0 Å². The molecule has 2 aliphatic rings. The van der Waals surface area contributed by atoms with Crippen molar-refractivity contribution in [2.75, 3.05) is 5.32 Å². The third kappa shape index (κ3) is 1.24. The molecule has 0 saturated carbocycles. The number of primary amides is 1. The van der Waals surface area contributed by atoms with E-state index >= 15 is 0 Å². The van der Waals surface area contributed by atoms with Gasteiger partial charge in [-0.3, -0.25) is 4.79 Å². The van der Waals surface area contributed by atoms with Crippen LogP contribution in [0.1, 0.15) is 24.3 Å². The number of nitrogens with one attached hydrogen (secondary N) is 1. The Kier molecular flexibility index (Phi) is 1.99. The zero-order valence-electron chi connectivity index (χ0n) is 8.94. The van der Waals surface area contributed by atoms with E-state index in [9.17, 15) is 4.79 Å². The number of carbonyl (C=O) groups excluding carboxylic acids is 1.